The van der Waals surface area contributed by atoms with Crippen molar-refractivity contribution in [3.63, 3.8) is 0 Å². The van der Waals surface area contributed by atoms with Crippen molar-refractivity contribution in [2.75, 3.05) is 26.2 Å². The van der Waals surface area contributed by atoms with E-state index in [1.165, 1.54) is 0 Å². The number of rotatable bonds is 7. The maximum atomic E-state index is 12.0. The number of carbonyl (C=O) groups excluding carboxylic acids is 1. The van der Waals surface area contributed by atoms with Crippen molar-refractivity contribution in [1.82, 2.24) is 5.32 Å². The van der Waals surface area contributed by atoms with Crippen LogP contribution in [0.1, 0.15) is 30.6 Å². The van der Waals surface area contributed by atoms with E-state index in [1.54, 1.807) is 4.90 Å². The predicted octanol–water partition coefficient (Wildman–Crippen LogP) is 2.26. The smallest absolute Gasteiger partial charge is 0.252 e. The summed E-state index contributed by atoms with van der Waals surface area (Å²) in [5, 5.41) is 2.97. The Balaban J connectivity index is 2.39. The molecule has 0 atom stereocenters. The Morgan fingerprint density at radius 2 is 1.95 bits per heavy atom. The highest BCUT2D eigenvalue weighted by molar-refractivity contribution is 9.11. The summed E-state index contributed by atoms with van der Waals surface area (Å²) >= 11 is 6.78. The lowest BCUT2D eigenvalue weighted by Crippen LogP contribution is -3.11. The lowest BCUT2D eigenvalue weighted by atomic mass is 10.2. The van der Waals surface area contributed by atoms with Crippen LogP contribution in [0.4, 0.5) is 0 Å². The van der Waals surface area contributed by atoms with Crippen LogP contribution in [0.25, 0.3) is 0 Å². The number of amides is 1. The molecule has 2 N–H and O–H groups in total. The van der Waals surface area contributed by atoms with E-state index in [-0.39, 0.29) is 5.91 Å². The van der Waals surface area contributed by atoms with Crippen LogP contribution in [0.5, 0.6) is 0 Å². The van der Waals surface area contributed by atoms with Gasteiger partial charge in [-0.2, -0.15) is 0 Å². The van der Waals surface area contributed by atoms with Gasteiger partial charge in [0.05, 0.1) is 25.2 Å². The molecule has 0 spiro atoms. The molecule has 0 aliphatic carbocycles. The van der Waals surface area contributed by atoms with Crippen molar-refractivity contribution < 1.29 is 9.69 Å². The zero-order chi connectivity index (χ0) is 14.3. The first-order valence-corrected chi connectivity index (χ1v) is 8.23. The maximum absolute atomic E-state index is 12.0. The van der Waals surface area contributed by atoms with E-state index in [2.05, 4.69) is 51.0 Å². The summed E-state index contributed by atoms with van der Waals surface area (Å²) < 4.78 is 1.77. The average molecular weight is 393 g/mol. The Morgan fingerprint density at radius 3 is 2.53 bits per heavy atom. The fourth-order valence-electron chi connectivity index (χ4n) is 1.91. The fraction of sp³-hybridized carbons (Fsp3) is 0.500. The summed E-state index contributed by atoms with van der Waals surface area (Å²) in [5.41, 5.74) is 0.679. The second-order valence-electron chi connectivity index (χ2n) is 4.44. The van der Waals surface area contributed by atoms with Crippen LogP contribution < -0.4 is 10.2 Å². The molecular weight excluding hydrogens is 372 g/mol. The molecule has 0 radical (unpaired) electrons. The van der Waals surface area contributed by atoms with Crippen LogP contribution in [-0.4, -0.2) is 32.1 Å². The minimum atomic E-state index is -0.0195. The lowest BCUT2D eigenvalue weighted by Gasteiger charge is -2.15. The van der Waals surface area contributed by atoms with Gasteiger partial charge in [-0.15, -0.1) is 0 Å². The van der Waals surface area contributed by atoms with Gasteiger partial charge in [0.1, 0.15) is 0 Å². The first kappa shape index (κ1) is 16.7. The summed E-state index contributed by atoms with van der Waals surface area (Å²) in [6, 6.07) is 5.58. The van der Waals surface area contributed by atoms with Crippen LogP contribution in [0.2, 0.25) is 0 Å². The Kier molecular flexibility index (Phi) is 7.64. The molecule has 0 heterocycles. The van der Waals surface area contributed by atoms with Crippen molar-refractivity contribution in [1.29, 1.82) is 0 Å². The van der Waals surface area contributed by atoms with E-state index in [9.17, 15) is 4.79 Å². The number of hydrogen-bond acceptors (Lipinski definition) is 1. The Bertz CT molecular complexity index is 420. The van der Waals surface area contributed by atoms with Crippen LogP contribution >= 0.6 is 31.9 Å². The number of nitrogens with one attached hydrogen (secondary N) is 2. The second kappa shape index (κ2) is 8.72. The van der Waals surface area contributed by atoms with Gasteiger partial charge in [0.2, 0.25) is 0 Å². The Hall–Kier alpha value is -0.390. The molecule has 3 nitrogen and oxygen atoms in total. The van der Waals surface area contributed by atoms with Gasteiger partial charge in [-0.25, -0.2) is 0 Å². The second-order valence-corrected chi connectivity index (χ2v) is 6.21. The Labute approximate surface area is 132 Å². The molecule has 0 aromatic heterocycles. The molecule has 19 heavy (non-hydrogen) atoms. The van der Waals surface area contributed by atoms with Crippen molar-refractivity contribution in [3.8, 4) is 0 Å². The molecule has 0 unspecified atom stereocenters. The molecule has 0 bridgehead atoms. The molecule has 0 fully saturated rings. The van der Waals surface area contributed by atoms with Gasteiger partial charge < -0.3 is 10.2 Å². The lowest BCUT2D eigenvalue weighted by molar-refractivity contribution is -0.896. The van der Waals surface area contributed by atoms with Gasteiger partial charge in [0, 0.05) is 21.9 Å². The summed E-state index contributed by atoms with van der Waals surface area (Å²) in [6.07, 6.45) is 1.01. The van der Waals surface area contributed by atoms with Crippen molar-refractivity contribution >= 4 is 37.8 Å². The summed E-state index contributed by atoms with van der Waals surface area (Å²) in [7, 11) is 0. The zero-order valence-electron chi connectivity index (χ0n) is 11.4. The minimum absolute atomic E-state index is 0.0195. The number of benzene rings is 1. The van der Waals surface area contributed by atoms with Crippen molar-refractivity contribution in [2.24, 2.45) is 0 Å². The molecular formula is C14H21Br2N2O+. The van der Waals surface area contributed by atoms with E-state index in [0.717, 1.165) is 41.5 Å². The fourth-order valence-corrected chi connectivity index (χ4v) is 3.14. The molecule has 5 heteroatoms. The van der Waals surface area contributed by atoms with E-state index in [0.29, 0.717) is 5.56 Å². The maximum Gasteiger partial charge on any atom is 0.252 e. The highest BCUT2D eigenvalue weighted by atomic mass is 79.9. The summed E-state index contributed by atoms with van der Waals surface area (Å²) in [5.74, 6) is -0.0195. The van der Waals surface area contributed by atoms with E-state index < -0.39 is 0 Å². The molecule has 1 aromatic rings. The van der Waals surface area contributed by atoms with Gasteiger partial charge in [0.25, 0.3) is 5.91 Å². The largest absolute Gasteiger partial charge is 0.352 e. The quantitative estimate of drug-likeness (QED) is 0.685. The van der Waals surface area contributed by atoms with Crippen LogP contribution in [0.15, 0.2) is 27.1 Å². The van der Waals surface area contributed by atoms with Crippen molar-refractivity contribution in [3.05, 3.63) is 32.7 Å². The molecule has 0 aliphatic heterocycles. The number of halogens is 2. The van der Waals surface area contributed by atoms with Gasteiger partial charge >= 0.3 is 0 Å². The third-order valence-electron chi connectivity index (χ3n) is 3.17. The average Bonchev–Trinajstić information content (AvgIpc) is 2.38. The normalized spacial score (nSPS) is 10.8. The third kappa shape index (κ3) is 5.63. The molecule has 1 amide bonds. The first-order chi connectivity index (χ1) is 9.08. The highest BCUT2D eigenvalue weighted by Crippen LogP contribution is 2.21. The van der Waals surface area contributed by atoms with Gasteiger partial charge in [-0.1, -0.05) is 15.9 Å². The number of hydrogen-bond donors (Lipinski definition) is 2. The molecule has 1 rings (SSSR count). The molecule has 1 aromatic carbocycles. The third-order valence-corrected chi connectivity index (χ3v) is 4.32. The minimum Gasteiger partial charge on any atom is -0.352 e. The zero-order valence-corrected chi connectivity index (χ0v) is 14.6. The monoisotopic (exact) mass is 391 g/mol. The van der Waals surface area contributed by atoms with Gasteiger partial charge in [-0.3, -0.25) is 4.79 Å². The van der Waals surface area contributed by atoms with E-state index >= 15 is 0 Å². The van der Waals surface area contributed by atoms with E-state index in [4.69, 9.17) is 0 Å². The van der Waals surface area contributed by atoms with Crippen LogP contribution in [0, 0.1) is 0 Å². The first-order valence-electron chi connectivity index (χ1n) is 6.65. The predicted molar refractivity (Wildman–Crippen MR) is 85.7 cm³/mol. The number of carbonyl (C=O) groups is 1. The van der Waals surface area contributed by atoms with E-state index in [1.807, 2.05) is 18.2 Å². The Morgan fingerprint density at radius 1 is 1.26 bits per heavy atom. The van der Waals surface area contributed by atoms with Crippen LogP contribution in [0.3, 0.4) is 0 Å². The van der Waals surface area contributed by atoms with Crippen molar-refractivity contribution in [2.45, 2.75) is 20.3 Å². The topological polar surface area (TPSA) is 33.5 Å². The van der Waals surface area contributed by atoms with Crippen LogP contribution in [-0.2, 0) is 0 Å². The SMILES string of the molecule is CC[NH+](CC)CCCNC(=O)c1ccc(Br)cc1Br. The summed E-state index contributed by atoms with van der Waals surface area (Å²) in [4.78, 5) is 13.6. The molecule has 0 aliphatic rings. The molecule has 0 saturated heterocycles. The number of quaternary nitrogens is 1. The highest BCUT2D eigenvalue weighted by Gasteiger charge is 2.10. The molecule has 0 saturated carbocycles. The summed E-state index contributed by atoms with van der Waals surface area (Å²) in [6.45, 7) is 8.50. The van der Waals surface area contributed by atoms with Gasteiger partial charge in [0.15, 0.2) is 0 Å². The van der Waals surface area contributed by atoms with Gasteiger partial charge in [-0.05, 0) is 48.0 Å². The standard InChI is InChI=1S/C14H20Br2N2O/c1-3-18(4-2)9-5-8-17-14(19)12-7-6-11(15)10-13(12)16/h6-7,10H,3-5,8-9H2,1-2H3,(H,17,19)/p+1. The molecule has 106 valence electrons.